The second-order valence-electron chi connectivity index (χ2n) is 17.8. The highest BCUT2D eigenvalue weighted by molar-refractivity contribution is 5.82. The Bertz CT molecular complexity index is 1150. The number of rotatable bonds is 18. The fraction of sp³-hybridized carbons (Fsp3) is 0.854. The van der Waals surface area contributed by atoms with Gasteiger partial charge in [0.1, 0.15) is 40.3 Å². The molecule has 0 bridgehead atoms. The summed E-state index contributed by atoms with van der Waals surface area (Å²) in [6.07, 6.45) is 5.65. The molecular weight excluding hydrogens is 710 g/mol. The summed E-state index contributed by atoms with van der Waals surface area (Å²) in [7, 11) is 0. The number of nitrogens with two attached hydrogens (primary N) is 1. The van der Waals surface area contributed by atoms with E-state index in [1.807, 2.05) is 20.8 Å². The van der Waals surface area contributed by atoms with Crippen molar-refractivity contribution < 1.29 is 52.8 Å². The van der Waals surface area contributed by atoms with E-state index in [0.29, 0.717) is 32.2 Å². The topological polar surface area (TPSA) is 210 Å². The second kappa shape index (κ2) is 27.2. The van der Waals surface area contributed by atoms with E-state index in [4.69, 9.17) is 29.8 Å². The number of unbranched alkanes of at least 4 members (excludes halogenated alkanes) is 3. The predicted octanol–water partition coefficient (Wildman–Crippen LogP) is 8.25. The van der Waals surface area contributed by atoms with Crippen molar-refractivity contribution in [2.45, 2.75) is 209 Å². The third kappa shape index (κ3) is 36.0. The van der Waals surface area contributed by atoms with Crippen LogP contribution in [0.4, 0.5) is 9.59 Å². The second-order valence-corrected chi connectivity index (χ2v) is 17.8. The lowest BCUT2D eigenvalue weighted by molar-refractivity contribution is -0.158. The van der Waals surface area contributed by atoms with Crippen LogP contribution in [0, 0.1) is 11.8 Å². The maximum Gasteiger partial charge on any atom is 0.408 e. The van der Waals surface area contributed by atoms with Gasteiger partial charge in [0.25, 0.3) is 0 Å². The summed E-state index contributed by atoms with van der Waals surface area (Å²) in [4.78, 5) is 70.2. The molecular formula is C41H79N3O11. The first-order valence-electron chi connectivity index (χ1n) is 19.8. The molecule has 0 aliphatic carbocycles. The van der Waals surface area contributed by atoms with Gasteiger partial charge in [0.15, 0.2) is 0 Å². The Kier molecular flexibility index (Phi) is 27.7. The fourth-order valence-corrected chi connectivity index (χ4v) is 4.11. The molecule has 0 aliphatic heterocycles. The molecule has 4 atom stereocenters. The van der Waals surface area contributed by atoms with Crippen molar-refractivity contribution in [1.82, 2.24) is 10.6 Å². The Labute approximate surface area is 332 Å². The normalized spacial score (nSPS) is 13.8. The van der Waals surface area contributed by atoms with Crippen LogP contribution in [-0.4, -0.2) is 82.0 Å². The van der Waals surface area contributed by atoms with E-state index >= 15 is 0 Å². The fourth-order valence-electron chi connectivity index (χ4n) is 4.11. The number of aliphatic carboxylic acids is 1. The first kappa shape index (κ1) is 55.9. The van der Waals surface area contributed by atoms with Crippen LogP contribution in [0.25, 0.3) is 0 Å². The molecule has 14 nitrogen and oxygen atoms in total. The van der Waals surface area contributed by atoms with Crippen molar-refractivity contribution in [3.63, 3.8) is 0 Å². The average Bonchev–Trinajstić information content (AvgIpc) is 2.99. The molecule has 0 rings (SSSR count). The minimum absolute atomic E-state index is 0.105. The van der Waals surface area contributed by atoms with Gasteiger partial charge in [-0.3, -0.25) is 9.59 Å². The smallest absolute Gasteiger partial charge is 0.408 e. The third-order valence-electron chi connectivity index (χ3n) is 7.32. The number of ketones is 1. The monoisotopic (exact) mass is 790 g/mol. The van der Waals surface area contributed by atoms with Crippen molar-refractivity contribution in [3.05, 3.63) is 0 Å². The predicted molar refractivity (Wildman–Crippen MR) is 216 cm³/mol. The summed E-state index contributed by atoms with van der Waals surface area (Å²) in [5.41, 5.74) is 2.97. The van der Waals surface area contributed by atoms with Crippen LogP contribution < -0.4 is 16.4 Å². The van der Waals surface area contributed by atoms with Crippen LogP contribution in [0.2, 0.25) is 0 Å². The van der Waals surface area contributed by atoms with Gasteiger partial charge in [-0.15, -0.1) is 0 Å². The molecule has 5 N–H and O–H groups in total. The molecule has 2 amide bonds. The third-order valence-corrected chi connectivity index (χ3v) is 7.32. The molecule has 0 heterocycles. The van der Waals surface area contributed by atoms with Crippen LogP contribution in [0.15, 0.2) is 0 Å². The number of nitrogens with one attached hydrogen (secondary N) is 2. The van der Waals surface area contributed by atoms with Gasteiger partial charge >= 0.3 is 30.1 Å². The number of carboxylic acid groups (broad SMARTS) is 1. The zero-order valence-electron chi connectivity index (χ0n) is 37.2. The average molecular weight is 790 g/mol. The number of ether oxygens (including phenoxy) is 4. The molecule has 14 heteroatoms. The van der Waals surface area contributed by atoms with Crippen molar-refractivity contribution in [3.8, 4) is 0 Å². The maximum atomic E-state index is 12.4. The molecule has 0 radical (unpaired) electrons. The molecule has 0 aromatic heterocycles. The molecule has 2 unspecified atom stereocenters. The van der Waals surface area contributed by atoms with Crippen LogP contribution in [0.1, 0.15) is 175 Å². The summed E-state index contributed by atoms with van der Waals surface area (Å²) in [5.74, 6) is -1.42. The molecule has 0 fully saturated rings. The Morgan fingerprint density at radius 2 is 0.891 bits per heavy atom. The lowest BCUT2D eigenvalue weighted by Crippen LogP contribution is -2.46. The summed E-state index contributed by atoms with van der Waals surface area (Å²) < 4.78 is 21.1. The molecule has 55 heavy (non-hydrogen) atoms. The first-order valence-corrected chi connectivity index (χ1v) is 19.8. The highest BCUT2D eigenvalue weighted by atomic mass is 16.6. The molecule has 0 saturated heterocycles. The van der Waals surface area contributed by atoms with Crippen LogP contribution in [0.3, 0.4) is 0 Å². The number of amides is 2. The van der Waals surface area contributed by atoms with Crippen LogP contribution >= 0.6 is 0 Å². The van der Waals surface area contributed by atoms with E-state index in [9.17, 15) is 28.8 Å². The van der Waals surface area contributed by atoms with Gasteiger partial charge in [0.2, 0.25) is 0 Å². The van der Waals surface area contributed by atoms with Crippen LogP contribution in [0.5, 0.6) is 0 Å². The van der Waals surface area contributed by atoms with Gasteiger partial charge in [0.05, 0.1) is 5.92 Å². The van der Waals surface area contributed by atoms with E-state index in [0.717, 1.165) is 38.5 Å². The van der Waals surface area contributed by atoms with E-state index in [2.05, 4.69) is 10.6 Å². The zero-order chi connectivity index (χ0) is 43.8. The maximum absolute atomic E-state index is 12.4. The number of carboxylic acids is 1. The van der Waals surface area contributed by atoms with Crippen LogP contribution in [-0.2, 0) is 38.1 Å². The van der Waals surface area contributed by atoms with Gasteiger partial charge < -0.3 is 40.4 Å². The number of esters is 2. The Morgan fingerprint density at radius 3 is 1.16 bits per heavy atom. The minimum atomic E-state index is -0.760. The number of hydrogen-bond donors (Lipinski definition) is 4. The largest absolute Gasteiger partial charge is 0.481 e. The van der Waals surface area contributed by atoms with Gasteiger partial charge in [0, 0.05) is 12.3 Å². The highest BCUT2D eigenvalue weighted by Gasteiger charge is 2.29. The standard InChI is InChI=1S/C21H39NO5.C15H30N2O4.C5H10O2/c1-9-15(2)17(23)14-12-10-11-13-16(18(24)26-20(3,4)5)22-19(25)27-21(6,7)8;1-14(2,3)20-12(18)11(9-7-8-10-16)17-13(19)21-15(4,5)6;1-3-4(2)5(6)7/h15-16H,9-14H2,1-8H3,(H,22,25);11H,7-10,16H2,1-6H3,(H,17,19);4H,3H2,1-2H3,(H,6,7)/t15?,16-;11-;/m00./s1. The van der Waals surface area contributed by atoms with E-state index < -0.39 is 64.6 Å². The summed E-state index contributed by atoms with van der Waals surface area (Å²) in [6, 6.07) is -1.48. The summed E-state index contributed by atoms with van der Waals surface area (Å²) in [6.45, 7) is 29.4. The minimum Gasteiger partial charge on any atom is -0.481 e. The van der Waals surface area contributed by atoms with E-state index in [1.165, 1.54) is 0 Å². The van der Waals surface area contributed by atoms with Crippen molar-refractivity contribution in [2.75, 3.05) is 6.54 Å². The van der Waals surface area contributed by atoms with Gasteiger partial charge in [-0.2, -0.15) is 0 Å². The Morgan fingerprint density at radius 1 is 0.545 bits per heavy atom. The summed E-state index contributed by atoms with van der Waals surface area (Å²) in [5, 5.41) is 13.4. The van der Waals surface area contributed by atoms with E-state index in [-0.39, 0.29) is 17.6 Å². The van der Waals surface area contributed by atoms with Gasteiger partial charge in [-0.1, -0.05) is 40.5 Å². The van der Waals surface area contributed by atoms with Crippen molar-refractivity contribution in [2.24, 2.45) is 17.6 Å². The Balaban J connectivity index is -0.000000854. The molecule has 0 spiro atoms. The Hall–Kier alpha value is -3.42. The van der Waals surface area contributed by atoms with E-state index in [1.54, 1.807) is 90.0 Å². The van der Waals surface area contributed by atoms with Crippen molar-refractivity contribution >= 4 is 35.9 Å². The lowest BCUT2D eigenvalue weighted by Gasteiger charge is -2.26. The number of Topliss-reactive ketones (excluding diaryl/α,β-unsaturated/α-hetero) is 1. The van der Waals surface area contributed by atoms with Crippen molar-refractivity contribution in [1.29, 1.82) is 0 Å². The first-order chi connectivity index (χ1) is 24.9. The summed E-state index contributed by atoms with van der Waals surface area (Å²) >= 11 is 0. The molecule has 0 aromatic carbocycles. The highest BCUT2D eigenvalue weighted by Crippen LogP contribution is 2.16. The lowest BCUT2D eigenvalue weighted by atomic mass is 9.98. The number of carbonyl (C=O) groups excluding carboxylic acids is 5. The SMILES string of the molecule is CC(C)(C)OC(=O)N[C@@H](CCCCN)C(=O)OC(C)(C)C.CCC(C)C(=O)CCCCC[C@H](NC(=O)OC(C)(C)C)C(=O)OC(C)(C)C.CCC(C)C(=O)O. The number of carbonyl (C=O) groups is 6. The number of hydrogen-bond acceptors (Lipinski definition) is 11. The van der Waals surface area contributed by atoms with Gasteiger partial charge in [-0.25, -0.2) is 19.2 Å². The molecule has 0 aromatic rings. The molecule has 324 valence electrons. The zero-order valence-corrected chi connectivity index (χ0v) is 37.2. The molecule has 0 aliphatic rings. The quantitative estimate of drug-likeness (QED) is 0.0588. The van der Waals surface area contributed by atoms with Gasteiger partial charge in [-0.05, 0) is 135 Å². The molecule has 0 saturated carbocycles. The number of alkyl carbamates (subject to hydrolysis) is 2.